The lowest BCUT2D eigenvalue weighted by atomic mass is 9.51. The van der Waals surface area contributed by atoms with E-state index in [4.69, 9.17) is 10.2 Å². The van der Waals surface area contributed by atoms with Gasteiger partial charge in [-0.15, -0.1) is 10.2 Å². The van der Waals surface area contributed by atoms with Gasteiger partial charge in [0, 0.05) is 19.4 Å². The highest BCUT2D eigenvalue weighted by Gasteiger charge is 2.48. The van der Waals surface area contributed by atoms with Gasteiger partial charge in [-0.25, -0.2) is 0 Å². The maximum absolute atomic E-state index is 5.99. The van der Waals surface area contributed by atoms with Crippen LogP contribution in [0.2, 0.25) is 0 Å². The predicted molar refractivity (Wildman–Crippen MR) is 76.0 cm³/mol. The molecular formula is C16H25N3O. The first-order valence-electron chi connectivity index (χ1n) is 8.23. The molecule has 0 radical (unpaired) electrons. The van der Waals surface area contributed by atoms with Crippen LogP contribution in [0.3, 0.4) is 0 Å². The number of hydrogen-bond acceptors (Lipinski definition) is 4. The number of nitrogens with two attached hydrogens (primary N) is 1. The molecule has 0 spiro atoms. The average Bonchev–Trinajstić information content (AvgIpc) is 2.84. The van der Waals surface area contributed by atoms with Crippen molar-refractivity contribution in [1.82, 2.24) is 10.2 Å². The molecule has 4 nitrogen and oxygen atoms in total. The highest BCUT2D eigenvalue weighted by atomic mass is 16.4. The van der Waals surface area contributed by atoms with Gasteiger partial charge >= 0.3 is 0 Å². The van der Waals surface area contributed by atoms with E-state index in [0.29, 0.717) is 12.4 Å². The van der Waals surface area contributed by atoms with Gasteiger partial charge in [-0.2, -0.15) is 0 Å². The largest absolute Gasteiger partial charge is 0.425 e. The molecule has 1 aromatic rings. The second kappa shape index (κ2) is 4.83. The molecule has 4 aliphatic carbocycles. The number of aryl methyl sites for hydroxylation is 1. The zero-order valence-electron chi connectivity index (χ0n) is 12.3. The summed E-state index contributed by atoms with van der Waals surface area (Å²) in [5.41, 5.74) is 5.99. The van der Waals surface area contributed by atoms with Crippen molar-refractivity contribution < 1.29 is 4.42 Å². The van der Waals surface area contributed by atoms with Crippen molar-refractivity contribution in [3.8, 4) is 0 Å². The molecule has 110 valence electrons. The minimum absolute atomic E-state index is 0.263. The third-order valence-electron chi connectivity index (χ3n) is 6.15. The lowest BCUT2D eigenvalue weighted by Crippen LogP contribution is -2.45. The van der Waals surface area contributed by atoms with Crippen LogP contribution in [0, 0.1) is 36.5 Å². The van der Waals surface area contributed by atoms with Crippen LogP contribution in [-0.4, -0.2) is 16.7 Å². The van der Waals surface area contributed by atoms with Gasteiger partial charge in [0.2, 0.25) is 11.8 Å². The smallest absolute Gasteiger partial charge is 0.220 e. The molecule has 4 aliphatic rings. The first-order valence-corrected chi connectivity index (χ1v) is 8.23. The molecule has 0 aromatic carbocycles. The molecule has 4 bridgehead atoms. The van der Waals surface area contributed by atoms with Crippen LogP contribution in [0.1, 0.15) is 56.2 Å². The van der Waals surface area contributed by atoms with Gasteiger partial charge in [-0.3, -0.25) is 0 Å². The van der Waals surface area contributed by atoms with E-state index in [2.05, 4.69) is 10.2 Å². The Morgan fingerprint density at radius 3 is 2.25 bits per heavy atom. The molecule has 0 saturated heterocycles. The summed E-state index contributed by atoms with van der Waals surface area (Å²) in [4.78, 5) is 0. The molecule has 4 fully saturated rings. The van der Waals surface area contributed by atoms with E-state index in [0.717, 1.165) is 41.9 Å². The molecule has 4 saturated carbocycles. The van der Waals surface area contributed by atoms with Crippen molar-refractivity contribution in [3.63, 3.8) is 0 Å². The van der Waals surface area contributed by atoms with Crippen molar-refractivity contribution >= 4 is 0 Å². The topological polar surface area (TPSA) is 64.9 Å². The fourth-order valence-electron chi connectivity index (χ4n) is 5.53. The maximum atomic E-state index is 5.99. The van der Waals surface area contributed by atoms with E-state index in [1.807, 2.05) is 6.92 Å². The van der Waals surface area contributed by atoms with Crippen LogP contribution >= 0.6 is 0 Å². The first-order chi connectivity index (χ1) is 9.72. The van der Waals surface area contributed by atoms with Crippen molar-refractivity contribution in [2.45, 2.75) is 51.4 Å². The predicted octanol–water partition coefficient (Wildman–Crippen LogP) is 2.88. The molecule has 5 rings (SSSR count). The second-order valence-corrected chi connectivity index (χ2v) is 7.42. The Morgan fingerprint density at radius 2 is 1.75 bits per heavy atom. The third kappa shape index (κ3) is 2.09. The van der Waals surface area contributed by atoms with E-state index in [-0.39, 0.29) is 5.92 Å². The summed E-state index contributed by atoms with van der Waals surface area (Å²) in [5.74, 6) is 6.50. The SMILES string of the molecule is Cc1nnc(C(CN)CC2C3CC4CC(C3)CC2C4)o1. The highest BCUT2D eigenvalue weighted by Crippen LogP contribution is 2.58. The lowest BCUT2D eigenvalue weighted by Gasteiger charge is -2.55. The molecule has 1 unspecified atom stereocenters. The van der Waals surface area contributed by atoms with Gasteiger partial charge in [-0.05, 0) is 68.1 Å². The summed E-state index contributed by atoms with van der Waals surface area (Å²) in [6.45, 7) is 2.48. The Morgan fingerprint density at radius 1 is 1.10 bits per heavy atom. The van der Waals surface area contributed by atoms with Gasteiger partial charge in [0.25, 0.3) is 0 Å². The van der Waals surface area contributed by atoms with Crippen LogP contribution in [0.25, 0.3) is 0 Å². The molecule has 0 aliphatic heterocycles. The Hall–Kier alpha value is -0.900. The fraction of sp³-hybridized carbons (Fsp3) is 0.875. The number of hydrogen-bond donors (Lipinski definition) is 1. The van der Waals surface area contributed by atoms with Crippen LogP contribution in [0.15, 0.2) is 4.42 Å². The lowest BCUT2D eigenvalue weighted by molar-refractivity contribution is -0.0427. The van der Waals surface area contributed by atoms with E-state index < -0.39 is 0 Å². The van der Waals surface area contributed by atoms with Gasteiger partial charge in [0.05, 0.1) is 0 Å². The summed E-state index contributed by atoms with van der Waals surface area (Å²) in [5, 5.41) is 8.17. The number of nitrogens with zero attached hydrogens (tertiary/aromatic N) is 2. The third-order valence-corrected chi connectivity index (χ3v) is 6.15. The van der Waals surface area contributed by atoms with Crippen molar-refractivity contribution in [3.05, 3.63) is 11.8 Å². The fourth-order valence-corrected chi connectivity index (χ4v) is 5.53. The van der Waals surface area contributed by atoms with Gasteiger partial charge in [0.15, 0.2) is 0 Å². The monoisotopic (exact) mass is 275 g/mol. The Labute approximate surface area is 120 Å². The summed E-state index contributed by atoms with van der Waals surface area (Å²) < 4.78 is 5.63. The normalized spacial score (nSPS) is 40.2. The van der Waals surface area contributed by atoms with E-state index in [1.54, 1.807) is 0 Å². The average molecular weight is 275 g/mol. The molecule has 1 heterocycles. The number of rotatable bonds is 4. The molecule has 20 heavy (non-hydrogen) atoms. The van der Waals surface area contributed by atoms with Gasteiger partial charge < -0.3 is 10.2 Å². The molecule has 0 amide bonds. The highest BCUT2D eigenvalue weighted by molar-refractivity contribution is 5.01. The molecule has 4 heteroatoms. The van der Waals surface area contributed by atoms with Crippen molar-refractivity contribution in [2.75, 3.05) is 6.54 Å². The molecule has 2 N–H and O–H groups in total. The summed E-state index contributed by atoms with van der Waals surface area (Å²) in [7, 11) is 0. The quantitative estimate of drug-likeness (QED) is 0.917. The Bertz CT molecular complexity index is 456. The van der Waals surface area contributed by atoms with Gasteiger partial charge in [0.1, 0.15) is 0 Å². The van der Waals surface area contributed by atoms with Crippen LogP contribution < -0.4 is 5.73 Å². The summed E-state index contributed by atoms with van der Waals surface area (Å²) in [6, 6.07) is 0. The van der Waals surface area contributed by atoms with E-state index in [9.17, 15) is 0 Å². The summed E-state index contributed by atoms with van der Waals surface area (Å²) >= 11 is 0. The summed E-state index contributed by atoms with van der Waals surface area (Å²) in [6.07, 6.45) is 8.56. The van der Waals surface area contributed by atoms with Crippen LogP contribution in [-0.2, 0) is 0 Å². The zero-order chi connectivity index (χ0) is 13.7. The first kappa shape index (κ1) is 12.8. The maximum Gasteiger partial charge on any atom is 0.220 e. The van der Waals surface area contributed by atoms with Crippen LogP contribution in [0.4, 0.5) is 0 Å². The van der Waals surface area contributed by atoms with Crippen LogP contribution in [0.5, 0.6) is 0 Å². The molecule has 1 aromatic heterocycles. The molecule has 1 atom stereocenters. The zero-order valence-corrected chi connectivity index (χ0v) is 12.3. The van der Waals surface area contributed by atoms with E-state index in [1.165, 1.54) is 32.1 Å². The Kier molecular flexibility index (Phi) is 3.09. The minimum Gasteiger partial charge on any atom is -0.425 e. The van der Waals surface area contributed by atoms with Gasteiger partial charge in [-0.1, -0.05) is 0 Å². The van der Waals surface area contributed by atoms with E-state index >= 15 is 0 Å². The Balaban J connectivity index is 1.50. The molecular weight excluding hydrogens is 250 g/mol. The number of aromatic nitrogens is 2. The standard InChI is InChI=1S/C16H25N3O/c1-9-18-19-16(20-9)14(8-17)7-15-12-3-10-2-11(5-12)6-13(15)4-10/h10-15H,2-8,17H2,1H3. The van der Waals surface area contributed by atoms with Crippen molar-refractivity contribution in [1.29, 1.82) is 0 Å². The minimum atomic E-state index is 0.263. The second-order valence-electron chi connectivity index (χ2n) is 7.42. The van der Waals surface area contributed by atoms with Crippen molar-refractivity contribution in [2.24, 2.45) is 35.3 Å².